The normalized spacial score (nSPS) is 20.1. The van der Waals surface area contributed by atoms with Gasteiger partial charge in [0.05, 0.1) is 19.3 Å². The minimum absolute atomic E-state index is 0.00804. The van der Waals surface area contributed by atoms with Gasteiger partial charge in [-0.25, -0.2) is 0 Å². The number of nitrogens with zero attached hydrogens (tertiary/aromatic N) is 2. The molecule has 160 valence electrons. The van der Waals surface area contributed by atoms with Gasteiger partial charge in [0.1, 0.15) is 11.3 Å². The number of ether oxygens (including phenoxy) is 1. The Balaban J connectivity index is 2.17. The Morgan fingerprint density at radius 1 is 1.07 bits per heavy atom. The van der Waals surface area contributed by atoms with E-state index >= 15 is 0 Å². The zero-order valence-corrected chi connectivity index (χ0v) is 19.3. The van der Waals surface area contributed by atoms with Crippen LogP contribution in [-0.4, -0.2) is 55.3 Å². The molecule has 2 aliphatic heterocycles. The van der Waals surface area contributed by atoms with E-state index in [9.17, 15) is 4.79 Å². The van der Waals surface area contributed by atoms with Crippen molar-refractivity contribution >= 4 is 11.5 Å². The van der Waals surface area contributed by atoms with Crippen LogP contribution in [0.3, 0.4) is 0 Å². The first-order valence-electron chi connectivity index (χ1n) is 10.5. The number of rotatable bonds is 4. The van der Waals surface area contributed by atoms with Crippen LogP contribution in [0.2, 0.25) is 0 Å². The van der Waals surface area contributed by atoms with Gasteiger partial charge in [0, 0.05) is 20.1 Å². The van der Waals surface area contributed by atoms with Crippen LogP contribution in [0.1, 0.15) is 55.9 Å². The molecular weight excluding hydrogens is 364 g/mol. The van der Waals surface area contributed by atoms with Crippen molar-refractivity contribution in [2.24, 2.45) is 5.41 Å². The van der Waals surface area contributed by atoms with Crippen LogP contribution in [0.25, 0.3) is 5.57 Å². The third-order valence-electron chi connectivity index (χ3n) is 6.19. The Labute approximate surface area is 175 Å². The van der Waals surface area contributed by atoms with Crippen LogP contribution < -0.4 is 0 Å². The average molecular weight is 401 g/mol. The summed E-state index contributed by atoms with van der Waals surface area (Å²) in [4.78, 5) is 21.0. The maximum atomic E-state index is 13.6. The molecule has 0 bridgehead atoms. The van der Waals surface area contributed by atoms with E-state index < -0.39 is 5.54 Å². The first kappa shape index (κ1) is 21.8. The Kier molecular flexibility index (Phi) is 5.85. The lowest BCUT2D eigenvalue weighted by atomic mass is 9.84. The lowest BCUT2D eigenvalue weighted by Crippen LogP contribution is -2.53. The highest BCUT2D eigenvalue weighted by Crippen LogP contribution is 2.47. The summed E-state index contributed by atoms with van der Waals surface area (Å²) in [7, 11) is 3.63. The Bertz CT molecular complexity index is 804. The summed E-state index contributed by atoms with van der Waals surface area (Å²) in [6.45, 7) is 14.9. The summed E-state index contributed by atoms with van der Waals surface area (Å²) in [6, 6.07) is 4.31. The molecule has 3 rings (SSSR count). The van der Waals surface area contributed by atoms with Crippen molar-refractivity contribution in [3.8, 4) is 0 Å². The van der Waals surface area contributed by atoms with Gasteiger partial charge in [0.2, 0.25) is 0 Å². The molecule has 1 amide bonds. The second kappa shape index (κ2) is 7.77. The molecule has 1 aromatic carbocycles. The lowest BCUT2D eigenvalue weighted by Gasteiger charge is -2.44. The molecule has 1 fully saturated rings. The number of amides is 1. The van der Waals surface area contributed by atoms with E-state index in [4.69, 9.17) is 9.57 Å². The first-order valence-corrected chi connectivity index (χ1v) is 10.5. The molecule has 29 heavy (non-hydrogen) atoms. The van der Waals surface area contributed by atoms with E-state index in [0.717, 1.165) is 54.0 Å². The second-order valence-corrected chi connectivity index (χ2v) is 9.83. The highest BCUT2D eigenvalue weighted by molar-refractivity contribution is 6.23. The Morgan fingerprint density at radius 2 is 1.62 bits per heavy atom. The van der Waals surface area contributed by atoms with Crippen molar-refractivity contribution in [1.29, 1.82) is 0 Å². The molecule has 0 saturated carbocycles. The summed E-state index contributed by atoms with van der Waals surface area (Å²) in [5.74, 6) is 0.917. The molecule has 2 aliphatic rings. The standard InChI is InChI=1S/C24H36N2O3/c1-16-13-17(2)19(18(3)14-16)20-21(29-15-23(4,5)6)24(25(7)22(20)27)9-11-26(28-8)12-10-24/h13-14H,9-12,15H2,1-8H3. The zero-order valence-electron chi connectivity index (χ0n) is 19.3. The monoisotopic (exact) mass is 400 g/mol. The highest BCUT2D eigenvalue weighted by atomic mass is 16.7. The van der Waals surface area contributed by atoms with E-state index in [1.807, 2.05) is 17.0 Å². The topological polar surface area (TPSA) is 42.0 Å². The van der Waals surface area contributed by atoms with Gasteiger partial charge in [-0.1, -0.05) is 38.5 Å². The summed E-state index contributed by atoms with van der Waals surface area (Å²) in [6.07, 6.45) is 1.60. The minimum atomic E-state index is -0.406. The Hall–Kier alpha value is -1.85. The van der Waals surface area contributed by atoms with Gasteiger partial charge in [0.15, 0.2) is 0 Å². The molecule has 0 N–H and O–H groups in total. The van der Waals surface area contributed by atoms with Crippen LogP contribution in [0.4, 0.5) is 0 Å². The molecule has 0 atom stereocenters. The van der Waals surface area contributed by atoms with E-state index in [1.54, 1.807) is 7.11 Å². The van der Waals surface area contributed by atoms with Crippen LogP contribution in [0.15, 0.2) is 17.9 Å². The highest BCUT2D eigenvalue weighted by Gasteiger charge is 2.53. The fraction of sp³-hybridized carbons (Fsp3) is 0.625. The van der Waals surface area contributed by atoms with Crippen molar-refractivity contribution < 1.29 is 14.4 Å². The molecular formula is C24H36N2O3. The molecule has 5 nitrogen and oxygen atoms in total. The molecule has 0 unspecified atom stereocenters. The summed E-state index contributed by atoms with van der Waals surface area (Å²) in [5, 5.41) is 1.96. The molecule has 0 aromatic heterocycles. The second-order valence-electron chi connectivity index (χ2n) is 9.83. The number of likely N-dealkylation sites (N-methyl/N-ethyl adjacent to an activating group) is 1. The van der Waals surface area contributed by atoms with Gasteiger partial charge in [-0.3, -0.25) is 4.79 Å². The number of hydroxylamine groups is 2. The first-order chi connectivity index (χ1) is 13.5. The van der Waals surface area contributed by atoms with Crippen molar-refractivity contribution in [2.75, 3.05) is 33.9 Å². The number of aryl methyl sites for hydroxylation is 3. The van der Waals surface area contributed by atoms with Gasteiger partial charge in [-0.2, -0.15) is 5.06 Å². The number of piperidine rings is 1. The van der Waals surface area contributed by atoms with Gasteiger partial charge in [-0.15, -0.1) is 0 Å². The SMILES string of the molecule is CON1CCC2(CC1)C(OCC(C)(C)C)=C(c1c(C)cc(C)cc1C)C(=O)N2C. The number of benzene rings is 1. The van der Waals surface area contributed by atoms with Crippen molar-refractivity contribution in [3.63, 3.8) is 0 Å². The fourth-order valence-corrected chi connectivity index (χ4v) is 4.74. The summed E-state index contributed by atoms with van der Waals surface area (Å²) in [5.41, 5.74) is 4.85. The molecule has 0 radical (unpaired) electrons. The smallest absolute Gasteiger partial charge is 0.258 e. The van der Waals surface area contributed by atoms with Crippen molar-refractivity contribution in [3.05, 3.63) is 40.1 Å². The molecule has 1 spiro atoms. The summed E-state index contributed by atoms with van der Waals surface area (Å²) < 4.78 is 6.54. The molecule has 2 heterocycles. The van der Waals surface area contributed by atoms with Gasteiger partial charge < -0.3 is 14.5 Å². The van der Waals surface area contributed by atoms with E-state index in [0.29, 0.717) is 6.61 Å². The van der Waals surface area contributed by atoms with E-state index in [2.05, 4.69) is 53.7 Å². The van der Waals surface area contributed by atoms with Crippen molar-refractivity contribution in [2.45, 2.75) is 59.9 Å². The number of hydrogen-bond donors (Lipinski definition) is 0. The minimum Gasteiger partial charge on any atom is -0.494 e. The maximum Gasteiger partial charge on any atom is 0.258 e. The van der Waals surface area contributed by atoms with Gasteiger partial charge in [0.25, 0.3) is 5.91 Å². The average Bonchev–Trinajstić information content (AvgIpc) is 2.82. The molecule has 1 saturated heterocycles. The predicted octanol–water partition coefficient (Wildman–Crippen LogP) is 4.25. The number of carbonyl (C=O) groups excluding carboxylic acids is 1. The number of carbonyl (C=O) groups is 1. The van der Waals surface area contributed by atoms with Gasteiger partial charge >= 0.3 is 0 Å². The predicted molar refractivity (Wildman–Crippen MR) is 116 cm³/mol. The molecule has 1 aromatic rings. The number of hydrogen-bond acceptors (Lipinski definition) is 4. The zero-order chi connectivity index (χ0) is 21.6. The fourth-order valence-electron chi connectivity index (χ4n) is 4.74. The van der Waals surface area contributed by atoms with Crippen LogP contribution in [-0.2, 0) is 14.4 Å². The van der Waals surface area contributed by atoms with Crippen LogP contribution in [0, 0.1) is 26.2 Å². The maximum absolute atomic E-state index is 13.6. The molecule has 0 aliphatic carbocycles. The largest absolute Gasteiger partial charge is 0.494 e. The lowest BCUT2D eigenvalue weighted by molar-refractivity contribution is -0.163. The third-order valence-corrected chi connectivity index (χ3v) is 6.19. The Morgan fingerprint density at radius 3 is 2.10 bits per heavy atom. The third kappa shape index (κ3) is 3.95. The van der Waals surface area contributed by atoms with Crippen molar-refractivity contribution in [1.82, 2.24) is 9.96 Å². The molecule has 5 heteroatoms. The van der Waals surface area contributed by atoms with Crippen LogP contribution in [0.5, 0.6) is 0 Å². The quantitative estimate of drug-likeness (QED) is 0.758. The van der Waals surface area contributed by atoms with E-state index in [-0.39, 0.29) is 11.3 Å². The summed E-state index contributed by atoms with van der Waals surface area (Å²) >= 11 is 0. The van der Waals surface area contributed by atoms with Crippen LogP contribution >= 0.6 is 0 Å². The van der Waals surface area contributed by atoms with E-state index in [1.165, 1.54) is 5.56 Å². The van der Waals surface area contributed by atoms with Gasteiger partial charge in [-0.05, 0) is 55.7 Å².